The molecule has 0 unspecified atom stereocenters. The predicted octanol–water partition coefficient (Wildman–Crippen LogP) is 0.203. The summed E-state index contributed by atoms with van der Waals surface area (Å²) < 4.78 is 5.10. The van der Waals surface area contributed by atoms with Crippen molar-refractivity contribution in [2.75, 3.05) is 0 Å². The second kappa shape index (κ2) is 3.01. The molecular formula is C9H13NO3. The Balaban J connectivity index is 2.18. The Hall–Kier alpha value is -1.06. The second-order valence-electron chi connectivity index (χ2n) is 3.80. The van der Waals surface area contributed by atoms with Crippen LogP contribution in [0.25, 0.3) is 0 Å². The number of nitrogens with two attached hydrogens (primary N) is 1. The summed E-state index contributed by atoms with van der Waals surface area (Å²) in [7, 11) is 0. The molecule has 2 aliphatic rings. The van der Waals surface area contributed by atoms with Crippen molar-refractivity contribution in [1.29, 1.82) is 0 Å². The lowest BCUT2D eigenvalue weighted by Crippen LogP contribution is -2.34. The summed E-state index contributed by atoms with van der Waals surface area (Å²) in [4.78, 5) is 22.2. The number of esters is 1. The molecule has 72 valence electrons. The average Bonchev–Trinajstić information content (AvgIpc) is 2.39. The summed E-state index contributed by atoms with van der Waals surface area (Å²) in [5, 5.41) is 0. The van der Waals surface area contributed by atoms with Crippen molar-refractivity contribution in [3.05, 3.63) is 0 Å². The van der Waals surface area contributed by atoms with Crippen LogP contribution in [0, 0.1) is 11.8 Å². The molecule has 1 aliphatic heterocycles. The zero-order valence-corrected chi connectivity index (χ0v) is 7.36. The Morgan fingerprint density at radius 3 is 2.77 bits per heavy atom. The van der Waals surface area contributed by atoms with Crippen LogP contribution in [-0.4, -0.2) is 18.0 Å². The van der Waals surface area contributed by atoms with E-state index in [1.54, 1.807) is 0 Å². The lowest BCUT2D eigenvalue weighted by Gasteiger charge is -2.23. The van der Waals surface area contributed by atoms with Crippen LogP contribution in [0.3, 0.4) is 0 Å². The summed E-state index contributed by atoms with van der Waals surface area (Å²) >= 11 is 0. The van der Waals surface area contributed by atoms with Gasteiger partial charge in [0.15, 0.2) is 0 Å². The van der Waals surface area contributed by atoms with Crippen molar-refractivity contribution in [2.24, 2.45) is 17.6 Å². The maximum Gasteiger partial charge on any atom is 0.319 e. The minimum Gasteiger partial charge on any atom is -0.461 e. The molecule has 2 rings (SSSR count). The van der Waals surface area contributed by atoms with E-state index in [4.69, 9.17) is 10.5 Å². The van der Waals surface area contributed by atoms with Crippen molar-refractivity contribution >= 4 is 11.9 Å². The molecule has 13 heavy (non-hydrogen) atoms. The number of amides is 1. The quantitative estimate of drug-likeness (QED) is 0.466. The largest absolute Gasteiger partial charge is 0.461 e. The summed E-state index contributed by atoms with van der Waals surface area (Å²) in [6, 6.07) is 0. The van der Waals surface area contributed by atoms with Gasteiger partial charge in [-0.2, -0.15) is 0 Å². The highest BCUT2D eigenvalue weighted by atomic mass is 16.6. The Morgan fingerprint density at radius 2 is 2.08 bits per heavy atom. The molecule has 0 spiro atoms. The first kappa shape index (κ1) is 8.53. The standard InChI is InChI=1S/C9H13NO3/c10-8(11)7-5-3-1-2-4-6(5)13-9(7)12/h5-7H,1-4H2,(H2,10,11)/t5-,6-,7+/m0/s1. The van der Waals surface area contributed by atoms with Crippen molar-refractivity contribution in [3.63, 3.8) is 0 Å². The third-order valence-electron chi connectivity index (χ3n) is 3.01. The third kappa shape index (κ3) is 1.30. The van der Waals surface area contributed by atoms with Crippen molar-refractivity contribution < 1.29 is 14.3 Å². The van der Waals surface area contributed by atoms with Crippen LogP contribution in [0.1, 0.15) is 25.7 Å². The molecule has 0 radical (unpaired) electrons. The third-order valence-corrected chi connectivity index (χ3v) is 3.01. The second-order valence-corrected chi connectivity index (χ2v) is 3.80. The van der Waals surface area contributed by atoms with Crippen molar-refractivity contribution in [2.45, 2.75) is 31.8 Å². The van der Waals surface area contributed by atoms with Gasteiger partial charge in [-0.1, -0.05) is 6.42 Å². The van der Waals surface area contributed by atoms with Crippen LogP contribution in [0.2, 0.25) is 0 Å². The van der Waals surface area contributed by atoms with Gasteiger partial charge in [0.05, 0.1) is 0 Å². The number of primary amides is 1. The minimum atomic E-state index is -0.676. The molecule has 1 amide bonds. The molecule has 1 saturated heterocycles. The molecule has 2 N–H and O–H groups in total. The van der Waals surface area contributed by atoms with Gasteiger partial charge in [0.1, 0.15) is 12.0 Å². The number of rotatable bonds is 1. The highest BCUT2D eigenvalue weighted by molar-refractivity contribution is 5.98. The lowest BCUT2D eigenvalue weighted by molar-refractivity contribution is -0.146. The van der Waals surface area contributed by atoms with Gasteiger partial charge in [0, 0.05) is 5.92 Å². The molecule has 0 aromatic carbocycles. The van der Waals surface area contributed by atoms with Gasteiger partial charge in [-0.25, -0.2) is 0 Å². The number of fused-ring (bicyclic) bond motifs is 1. The number of carbonyl (C=O) groups excluding carboxylic acids is 2. The van der Waals surface area contributed by atoms with Crippen LogP contribution in [-0.2, 0) is 14.3 Å². The van der Waals surface area contributed by atoms with Crippen LogP contribution < -0.4 is 5.73 Å². The van der Waals surface area contributed by atoms with E-state index < -0.39 is 17.8 Å². The number of hydrogen-bond donors (Lipinski definition) is 1. The first-order chi connectivity index (χ1) is 6.20. The molecule has 0 aromatic rings. The predicted molar refractivity (Wildman–Crippen MR) is 44.5 cm³/mol. The van der Waals surface area contributed by atoms with E-state index in [0.29, 0.717) is 0 Å². The number of hydrogen-bond acceptors (Lipinski definition) is 3. The maximum atomic E-state index is 11.3. The molecule has 1 saturated carbocycles. The van der Waals surface area contributed by atoms with Gasteiger partial charge in [0.25, 0.3) is 0 Å². The average molecular weight is 183 g/mol. The van der Waals surface area contributed by atoms with Crippen LogP contribution in [0.5, 0.6) is 0 Å². The molecule has 1 heterocycles. The van der Waals surface area contributed by atoms with E-state index in [9.17, 15) is 9.59 Å². The monoisotopic (exact) mass is 183 g/mol. The zero-order chi connectivity index (χ0) is 9.42. The van der Waals surface area contributed by atoms with E-state index >= 15 is 0 Å². The van der Waals surface area contributed by atoms with Gasteiger partial charge < -0.3 is 10.5 Å². The van der Waals surface area contributed by atoms with E-state index in [1.807, 2.05) is 0 Å². The van der Waals surface area contributed by atoms with E-state index in [1.165, 1.54) is 0 Å². The fourth-order valence-corrected chi connectivity index (χ4v) is 2.38. The molecule has 0 bridgehead atoms. The highest BCUT2D eigenvalue weighted by Gasteiger charge is 2.48. The Kier molecular flexibility index (Phi) is 1.98. The fourth-order valence-electron chi connectivity index (χ4n) is 2.38. The number of carbonyl (C=O) groups is 2. The molecule has 2 fully saturated rings. The Bertz CT molecular complexity index is 251. The first-order valence-corrected chi connectivity index (χ1v) is 4.70. The van der Waals surface area contributed by atoms with Gasteiger partial charge >= 0.3 is 5.97 Å². The molecule has 3 atom stereocenters. The van der Waals surface area contributed by atoms with E-state index in [-0.39, 0.29) is 12.0 Å². The van der Waals surface area contributed by atoms with Crippen molar-refractivity contribution in [3.8, 4) is 0 Å². The molecule has 1 aliphatic carbocycles. The normalized spacial score (nSPS) is 38.2. The molecule has 0 aromatic heterocycles. The van der Waals surface area contributed by atoms with E-state index in [2.05, 4.69) is 0 Å². The van der Waals surface area contributed by atoms with Crippen LogP contribution >= 0.6 is 0 Å². The SMILES string of the molecule is NC(=O)[C@@H]1C(=O)O[C@H]2CCCC[C@H]12. The Morgan fingerprint density at radius 1 is 1.38 bits per heavy atom. The fraction of sp³-hybridized carbons (Fsp3) is 0.778. The molecule has 4 nitrogen and oxygen atoms in total. The summed E-state index contributed by atoms with van der Waals surface area (Å²) in [6.07, 6.45) is 3.89. The van der Waals surface area contributed by atoms with Gasteiger partial charge in [-0.15, -0.1) is 0 Å². The van der Waals surface area contributed by atoms with E-state index in [0.717, 1.165) is 25.7 Å². The van der Waals surface area contributed by atoms with Crippen LogP contribution in [0.4, 0.5) is 0 Å². The number of ether oxygens (including phenoxy) is 1. The summed E-state index contributed by atoms with van der Waals surface area (Å²) in [6.45, 7) is 0. The first-order valence-electron chi connectivity index (χ1n) is 4.70. The highest BCUT2D eigenvalue weighted by Crippen LogP contribution is 2.38. The van der Waals surface area contributed by atoms with Gasteiger partial charge in [0.2, 0.25) is 5.91 Å². The minimum absolute atomic E-state index is 0.0428. The Labute approximate surface area is 76.4 Å². The molecular weight excluding hydrogens is 170 g/mol. The van der Waals surface area contributed by atoms with Gasteiger partial charge in [-0.05, 0) is 19.3 Å². The maximum absolute atomic E-state index is 11.3. The smallest absolute Gasteiger partial charge is 0.319 e. The summed E-state index contributed by atoms with van der Waals surface area (Å²) in [5.74, 6) is -1.56. The topological polar surface area (TPSA) is 69.4 Å². The van der Waals surface area contributed by atoms with Crippen LogP contribution in [0.15, 0.2) is 0 Å². The lowest BCUT2D eigenvalue weighted by atomic mass is 9.80. The van der Waals surface area contributed by atoms with Crippen molar-refractivity contribution in [1.82, 2.24) is 0 Å². The zero-order valence-electron chi connectivity index (χ0n) is 7.36. The summed E-state index contributed by atoms with van der Waals surface area (Å²) in [5.41, 5.74) is 5.16. The molecule has 4 heteroatoms. The van der Waals surface area contributed by atoms with Gasteiger partial charge in [-0.3, -0.25) is 9.59 Å².